The monoisotopic (exact) mass is 586 g/mol. The second kappa shape index (κ2) is 12.3. The summed E-state index contributed by atoms with van der Waals surface area (Å²) in [5, 5.41) is 12.3. The van der Waals surface area contributed by atoms with Gasteiger partial charge in [0.05, 0.1) is 37.4 Å². The zero-order valence-electron chi connectivity index (χ0n) is 22.5. The largest absolute Gasteiger partial charge is 0.488 e. The number of anilines is 2. The highest BCUT2D eigenvalue weighted by Crippen LogP contribution is 2.31. The summed E-state index contributed by atoms with van der Waals surface area (Å²) < 4.78 is 70.6. The lowest BCUT2D eigenvalue weighted by molar-refractivity contribution is -0.137. The second-order valence-electron chi connectivity index (χ2n) is 9.97. The van der Waals surface area contributed by atoms with Crippen molar-refractivity contribution in [1.29, 1.82) is 0 Å². The Hall–Kier alpha value is -3.52. The van der Waals surface area contributed by atoms with Gasteiger partial charge in [-0.1, -0.05) is 6.92 Å². The van der Waals surface area contributed by atoms with E-state index in [2.05, 4.69) is 10.0 Å². The molecule has 3 rings (SSSR count). The molecule has 0 spiro atoms. The van der Waals surface area contributed by atoms with E-state index in [0.717, 1.165) is 30.5 Å². The molecule has 1 heterocycles. The molecule has 2 aromatic rings. The zero-order chi connectivity index (χ0) is 29.8. The number of aliphatic hydroxyl groups is 1. The number of hydrogen-bond acceptors (Lipinski definition) is 6. The van der Waals surface area contributed by atoms with Crippen molar-refractivity contribution in [3.63, 3.8) is 0 Å². The Morgan fingerprint density at radius 1 is 1.20 bits per heavy atom. The van der Waals surface area contributed by atoms with Crippen LogP contribution in [0, 0.1) is 5.92 Å². The highest BCUT2D eigenvalue weighted by molar-refractivity contribution is 7.92. The van der Waals surface area contributed by atoms with Crippen LogP contribution in [0.25, 0.3) is 0 Å². The van der Waals surface area contributed by atoms with Crippen molar-refractivity contribution in [2.24, 2.45) is 5.92 Å². The van der Waals surface area contributed by atoms with Gasteiger partial charge in [-0.05, 0) is 49.4 Å². The van der Waals surface area contributed by atoms with Gasteiger partial charge in [0.15, 0.2) is 0 Å². The second-order valence-corrected chi connectivity index (χ2v) is 11.7. The maximum atomic E-state index is 13.2. The van der Waals surface area contributed by atoms with Crippen LogP contribution in [0.1, 0.15) is 25.0 Å². The van der Waals surface area contributed by atoms with Gasteiger partial charge in [-0.3, -0.25) is 9.52 Å². The topological polar surface area (TPSA) is 128 Å². The Morgan fingerprint density at radius 2 is 1.82 bits per heavy atom. The van der Waals surface area contributed by atoms with Gasteiger partial charge in [-0.15, -0.1) is 0 Å². The van der Waals surface area contributed by atoms with Crippen LogP contribution >= 0.6 is 0 Å². The van der Waals surface area contributed by atoms with Crippen molar-refractivity contribution < 1.29 is 41.0 Å². The number of carbonyl (C=O) groups excluding carboxylic acids is 2. The molecule has 0 bridgehead atoms. The quantitative estimate of drug-likeness (QED) is 0.457. The summed E-state index contributed by atoms with van der Waals surface area (Å²) >= 11 is 0. The van der Waals surface area contributed by atoms with E-state index in [9.17, 15) is 36.3 Å². The number of fused-ring (bicyclic) bond motifs is 1. The number of nitrogens with zero attached hydrogens (tertiary/aromatic N) is 2. The SMILES string of the molecule is C[C@H]1CN([C@@H](C)CO)C(=O)Cc2cc(NS(C)(=O)=O)ccc2O[C@@H]1CN(C)C(=O)Nc1ccc(C(F)(F)F)cc1. The van der Waals surface area contributed by atoms with E-state index < -0.39 is 39.9 Å². The highest BCUT2D eigenvalue weighted by Gasteiger charge is 2.32. The molecular weight excluding hydrogens is 553 g/mol. The fraction of sp³-hybridized carbons (Fsp3) is 0.462. The number of aliphatic hydroxyl groups excluding tert-OH is 1. The normalized spacial score (nSPS) is 18.9. The van der Waals surface area contributed by atoms with Crippen LogP contribution in [0.5, 0.6) is 5.75 Å². The number of nitrogens with one attached hydrogen (secondary N) is 2. The molecule has 0 radical (unpaired) electrons. The third kappa shape index (κ3) is 8.24. The summed E-state index contributed by atoms with van der Waals surface area (Å²) in [5.74, 6) is -0.276. The fourth-order valence-electron chi connectivity index (χ4n) is 4.24. The van der Waals surface area contributed by atoms with Crippen molar-refractivity contribution in [3.05, 3.63) is 53.6 Å². The van der Waals surface area contributed by atoms with Crippen LogP contribution < -0.4 is 14.8 Å². The van der Waals surface area contributed by atoms with Gasteiger partial charge in [0.2, 0.25) is 15.9 Å². The number of amides is 3. The molecule has 0 aliphatic carbocycles. The number of rotatable bonds is 7. The maximum Gasteiger partial charge on any atom is 0.416 e. The van der Waals surface area contributed by atoms with Crippen molar-refractivity contribution in [1.82, 2.24) is 9.80 Å². The average molecular weight is 587 g/mol. The summed E-state index contributed by atoms with van der Waals surface area (Å²) in [6, 6.07) is 7.52. The first-order valence-electron chi connectivity index (χ1n) is 12.4. The van der Waals surface area contributed by atoms with E-state index in [4.69, 9.17) is 4.74 Å². The molecule has 40 heavy (non-hydrogen) atoms. The van der Waals surface area contributed by atoms with E-state index >= 15 is 0 Å². The standard InChI is InChI=1S/C26H33F3N4O6S/c1-16-13-33(17(2)15-34)24(35)12-18-11-21(31-40(4,37)38)9-10-22(18)39-23(16)14-32(3)25(36)30-20-7-5-19(6-8-20)26(27,28)29/h5-11,16-17,23,31,34H,12-15H2,1-4H3,(H,30,36)/t16-,17-,23+/m0/s1. The van der Waals surface area contributed by atoms with Crippen LogP contribution in [-0.4, -0.2) is 80.4 Å². The minimum absolute atomic E-state index is 0.0476. The number of sulfonamides is 1. The predicted octanol–water partition coefficient (Wildman–Crippen LogP) is 3.39. The third-order valence-electron chi connectivity index (χ3n) is 6.48. The van der Waals surface area contributed by atoms with Gasteiger partial charge < -0.3 is 25.0 Å². The Balaban J connectivity index is 1.85. The van der Waals surface area contributed by atoms with E-state index in [1.165, 1.54) is 29.0 Å². The molecule has 0 saturated heterocycles. The van der Waals surface area contributed by atoms with Crippen LogP contribution in [-0.2, 0) is 27.4 Å². The first-order valence-corrected chi connectivity index (χ1v) is 14.3. The van der Waals surface area contributed by atoms with Gasteiger partial charge in [-0.25, -0.2) is 13.2 Å². The Bertz CT molecular complexity index is 1320. The lowest BCUT2D eigenvalue weighted by Crippen LogP contribution is -2.48. The summed E-state index contributed by atoms with van der Waals surface area (Å²) in [4.78, 5) is 28.9. The van der Waals surface area contributed by atoms with E-state index in [0.29, 0.717) is 11.3 Å². The number of carbonyl (C=O) groups is 2. The van der Waals surface area contributed by atoms with Gasteiger partial charge in [0.25, 0.3) is 0 Å². The molecule has 3 atom stereocenters. The van der Waals surface area contributed by atoms with Crippen molar-refractivity contribution in [2.45, 2.75) is 38.6 Å². The molecule has 10 nitrogen and oxygen atoms in total. The van der Waals surface area contributed by atoms with Crippen molar-refractivity contribution in [2.75, 3.05) is 43.0 Å². The Morgan fingerprint density at radius 3 is 2.40 bits per heavy atom. The molecule has 0 aromatic heterocycles. The first kappa shape index (κ1) is 31.0. The first-order chi connectivity index (χ1) is 18.6. The summed E-state index contributed by atoms with van der Waals surface area (Å²) in [6.45, 7) is 3.52. The molecule has 1 aliphatic rings. The molecule has 2 aromatic carbocycles. The summed E-state index contributed by atoms with van der Waals surface area (Å²) in [6.07, 6.45) is -4.24. The van der Waals surface area contributed by atoms with E-state index in [1.807, 2.05) is 6.92 Å². The van der Waals surface area contributed by atoms with Gasteiger partial charge in [-0.2, -0.15) is 13.2 Å². The zero-order valence-corrected chi connectivity index (χ0v) is 23.3. The molecule has 0 unspecified atom stereocenters. The number of urea groups is 1. The minimum atomic E-state index is -4.50. The van der Waals surface area contributed by atoms with Gasteiger partial charge >= 0.3 is 12.2 Å². The van der Waals surface area contributed by atoms with Crippen LogP contribution in [0.3, 0.4) is 0 Å². The third-order valence-corrected chi connectivity index (χ3v) is 7.09. The van der Waals surface area contributed by atoms with E-state index in [1.54, 1.807) is 13.0 Å². The lowest BCUT2D eigenvalue weighted by atomic mass is 10.0. The fourth-order valence-corrected chi connectivity index (χ4v) is 4.79. The number of benzene rings is 2. The number of alkyl halides is 3. The Labute approximate surface area is 231 Å². The van der Waals surface area contributed by atoms with Crippen LogP contribution in [0.2, 0.25) is 0 Å². The molecule has 0 saturated carbocycles. The molecule has 3 amide bonds. The lowest BCUT2D eigenvalue weighted by Gasteiger charge is -2.34. The highest BCUT2D eigenvalue weighted by atomic mass is 32.2. The van der Waals surface area contributed by atoms with E-state index in [-0.39, 0.29) is 49.3 Å². The molecule has 220 valence electrons. The minimum Gasteiger partial charge on any atom is -0.488 e. The summed E-state index contributed by atoms with van der Waals surface area (Å²) in [7, 11) is -2.07. The van der Waals surface area contributed by atoms with Crippen LogP contribution in [0.4, 0.5) is 29.3 Å². The molecule has 1 aliphatic heterocycles. The number of ether oxygens (including phenoxy) is 1. The smallest absolute Gasteiger partial charge is 0.416 e. The molecule has 14 heteroatoms. The average Bonchev–Trinajstić information content (AvgIpc) is 2.90. The Kier molecular flexibility index (Phi) is 9.56. The molecule has 3 N–H and O–H groups in total. The van der Waals surface area contributed by atoms with Gasteiger partial charge in [0, 0.05) is 36.4 Å². The number of hydrogen-bond donors (Lipinski definition) is 3. The maximum absolute atomic E-state index is 13.2. The molecule has 0 fully saturated rings. The molecular formula is C26H33F3N4O6S. The number of halogens is 3. The van der Waals surface area contributed by atoms with Gasteiger partial charge in [0.1, 0.15) is 11.9 Å². The predicted molar refractivity (Wildman–Crippen MR) is 144 cm³/mol. The van der Waals surface area contributed by atoms with Crippen molar-refractivity contribution in [3.8, 4) is 5.75 Å². The summed E-state index contributed by atoms with van der Waals surface area (Å²) in [5.41, 5.74) is 0.00977. The van der Waals surface area contributed by atoms with Crippen LogP contribution in [0.15, 0.2) is 42.5 Å². The number of likely N-dealkylation sites (N-methyl/N-ethyl adjacent to an activating group) is 1. The van der Waals surface area contributed by atoms with Crippen molar-refractivity contribution >= 4 is 33.3 Å².